The zero-order valence-electron chi connectivity index (χ0n) is 20.7. The largest absolute Gasteiger partial charge is 0.495 e. The summed E-state index contributed by atoms with van der Waals surface area (Å²) in [4.78, 5) is 26.2. The molecule has 2 amide bonds. The van der Waals surface area contributed by atoms with Crippen LogP contribution in [-0.2, 0) is 9.59 Å². The molecule has 38 heavy (non-hydrogen) atoms. The number of para-hydroxylation sites is 2. The van der Waals surface area contributed by atoms with Crippen LogP contribution >= 0.6 is 23.4 Å². The molecular weight excluding hydrogens is 520 g/mol. The molecule has 1 aliphatic heterocycles. The average Bonchev–Trinajstić information content (AvgIpc) is 2.93. The van der Waals surface area contributed by atoms with Gasteiger partial charge in [0.15, 0.2) is 0 Å². The fourth-order valence-corrected chi connectivity index (χ4v) is 5.13. The number of nitrogens with one attached hydrogen (secondary N) is 3. The third kappa shape index (κ3) is 6.20. The minimum atomic E-state index is -0.626. The Hall–Kier alpha value is -4.19. The molecule has 0 aromatic heterocycles. The molecule has 1 aliphatic rings. The highest BCUT2D eigenvalue weighted by atomic mass is 35.5. The van der Waals surface area contributed by atoms with Crippen LogP contribution in [0.2, 0.25) is 5.02 Å². The van der Waals surface area contributed by atoms with Crippen molar-refractivity contribution in [2.75, 3.05) is 23.5 Å². The van der Waals surface area contributed by atoms with Crippen molar-refractivity contribution < 1.29 is 14.3 Å². The molecule has 0 saturated heterocycles. The van der Waals surface area contributed by atoms with Gasteiger partial charge in [0.05, 0.1) is 41.1 Å². The van der Waals surface area contributed by atoms with E-state index >= 15 is 0 Å². The first-order valence-electron chi connectivity index (χ1n) is 11.7. The van der Waals surface area contributed by atoms with E-state index in [-0.39, 0.29) is 17.6 Å². The zero-order chi connectivity index (χ0) is 27.1. The lowest BCUT2D eigenvalue weighted by atomic mass is 9.82. The summed E-state index contributed by atoms with van der Waals surface area (Å²) in [6.45, 7) is 1.79. The van der Waals surface area contributed by atoms with Crippen LogP contribution in [0.5, 0.6) is 5.75 Å². The maximum atomic E-state index is 13.6. The molecular formula is C29H25ClN4O3S. The van der Waals surface area contributed by atoms with Crippen molar-refractivity contribution in [3.63, 3.8) is 0 Å². The van der Waals surface area contributed by atoms with Gasteiger partial charge in [0.1, 0.15) is 5.75 Å². The number of thioether (sulfide) groups is 1. The van der Waals surface area contributed by atoms with Crippen LogP contribution in [-0.4, -0.2) is 24.7 Å². The van der Waals surface area contributed by atoms with E-state index in [1.807, 2.05) is 36.4 Å². The molecule has 3 aromatic rings. The van der Waals surface area contributed by atoms with Crippen LogP contribution in [0.4, 0.5) is 11.4 Å². The lowest BCUT2D eigenvalue weighted by molar-refractivity contribution is -0.114. The summed E-state index contributed by atoms with van der Waals surface area (Å²) in [6, 6.07) is 25.6. The zero-order valence-corrected chi connectivity index (χ0v) is 22.3. The number of methoxy groups -OCH3 is 1. The average molecular weight is 545 g/mol. The highest BCUT2D eigenvalue weighted by Gasteiger charge is 2.35. The van der Waals surface area contributed by atoms with Crippen LogP contribution in [0.3, 0.4) is 0 Å². The minimum absolute atomic E-state index is 0.0632. The van der Waals surface area contributed by atoms with Crippen LogP contribution in [0.1, 0.15) is 18.4 Å². The van der Waals surface area contributed by atoms with Gasteiger partial charge in [-0.25, -0.2) is 0 Å². The summed E-state index contributed by atoms with van der Waals surface area (Å²) in [7, 11) is 1.54. The second kappa shape index (κ2) is 12.4. The van der Waals surface area contributed by atoms with Gasteiger partial charge in [0.2, 0.25) is 5.91 Å². The molecule has 0 radical (unpaired) electrons. The maximum Gasteiger partial charge on any atom is 0.254 e. The molecule has 0 unspecified atom stereocenters. The first kappa shape index (κ1) is 26.9. The molecule has 9 heteroatoms. The summed E-state index contributed by atoms with van der Waals surface area (Å²) in [6.07, 6.45) is 0. The molecule has 192 valence electrons. The smallest absolute Gasteiger partial charge is 0.254 e. The molecule has 0 fully saturated rings. The molecule has 0 bridgehead atoms. The number of ether oxygens (including phenoxy) is 1. The fraction of sp³-hybridized carbons (Fsp3) is 0.138. The molecule has 7 nitrogen and oxygen atoms in total. The van der Waals surface area contributed by atoms with Gasteiger partial charge in [0.25, 0.3) is 5.91 Å². The molecule has 0 aliphatic carbocycles. The van der Waals surface area contributed by atoms with Crippen molar-refractivity contribution >= 4 is 46.6 Å². The monoisotopic (exact) mass is 544 g/mol. The lowest BCUT2D eigenvalue weighted by Crippen LogP contribution is -2.31. The number of anilines is 2. The number of halogens is 1. The predicted molar refractivity (Wildman–Crippen MR) is 152 cm³/mol. The summed E-state index contributed by atoms with van der Waals surface area (Å²) in [5.74, 6) is -0.627. The summed E-state index contributed by atoms with van der Waals surface area (Å²) >= 11 is 7.12. The second-order valence-electron chi connectivity index (χ2n) is 8.36. The number of hydrogen-bond acceptors (Lipinski definition) is 6. The van der Waals surface area contributed by atoms with Gasteiger partial charge >= 0.3 is 0 Å². The van der Waals surface area contributed by atoms with Gasteiger partial charge in [-0.05, 0) is 48.9 Å². The molecule has 0 saturated carbocycles. The normalized spacial score (nSPS) is 14.8. The second-order valence-corrected chi connectivity index (χ2v) is 9.78. The number of nitriles is 1. The van der Waals surface area contributed by atoms with E-state index in [2.05, 4.69) is 22.0 Å². The molecule has 1 atom stereocenters. The predicted octanol–water partition coefficient (Wildman–Crippen LogP) is 6.06. The van der Waals surface area contributed by atoms with Crippen molar-refractivity contribution in [1.82, 2.24) is 5.32 Å². The van der Waals surface area contributed by atoms with Crippen LogP contribution < -0.4 is 20.7 Å². The first-order chi connectivity index (χ1) is 18.4. The third-order valence-electron chi connectivity index (χ3n) is 5.86. The number of rotatable bonds is 8. The van der Waals surface area contributed by atoms with Gasteiger partial charge < -0.3 is 20.7 Å². The standard InChI is InChI=1S/C29H25ClN4O3S/c1-18-26(28(36)34-23-10-6-7-11-24(23)37-2)27(19-8-4-3-5-9-19)22(16-31)29(32-18)38-17-25(35)33-21-14-12-20(30)13-15-21/h3-15,27,32H,17H2,1-2H3,(H,33,35)(H,34,36)/t27-/m1/s1. The van der Waals surface area contributed by atoms with Crippen LogP contribution in [0.15, 0.2) is 101 Å². The molecule has 0 spiro atoms. The van der Waals surface area contributed by atoms with Gasteiger partial charge in [-0.15, -0.1) is 0 Å². The SMILES string of the molecule is COc1ccccc1NC(=O)C1=C(C)NC(SCC(=O)Nc2ccc(Cl)cc2)=C(C#N)[C@H]1c1ccccc1. The quantitative estimate of drug-likeness (QED) is 0.319. The van der Waals surface area contributed by atoms with E-state index in [1.165, 1.54) is 18.9 Å². The van der Waals surface area contributed by atoms with Crippen molar-refractivity contribution in [2.45, 2.75) is 12.8 Å². The van der Waals surface area contributed by atoms with E-state index in [0.717, 1.165) is 5.56 Å². The summed E-state index contributed by atoms with van der Waals surface area (Å²) < 4.78 is 5.38. The first-order valence-corrected chi connectivity index (χ1v) is 13.1. The Morgan fingerprint density at radius 1 is 1.03 bits per heavy atom. The summed E-state index contributed by atoms with van der Waals surface area (Å²) in [5.41, 5.74) is 3.29. The Balaban J connectivity index is 1.61. The minimum Gasteiger partial charge on any atom is -0.495 e. The Morgan fingerprint density at radius 3 is 2.39 bits per heavy atom. The fourth-order valence-electron chi connectivity index (χ4n) is 4.11. The maximum absolute atomic E-state index is 13.6. The number of nitrogens with zero attached hydrogens (tertiary/aromatic N) is 1. The Bertz CT molecular complexity index is 1450. The lowest BCUT2D eigenvalue weighted by Gasteiger charge is -2.30. The number of dihydropyridines is 1. The van der Waals surface area contributed by atoms with Gasteiger partial charge in [-0.1, -0.05) is 65.8 Å². The Labute approximate surface area is 230 Å². The molecule has 1 heterocycles. The molecule has 3 N–H and O–H groups in total. The Morgan fingerprint density at radius 2 is 1.71 bits per heavy atom. The van der Waals surface area contributed by atoms with E-state index in [9.17, 15) is 14.9 Å². The Kier molecular flexibility index (Phi) is 8.74. The van der Waals surface area contributed by atoms with Crippen molar-refractivity contribution in [3.8, 4) is 11.8 Å². The molecule has 3 aromatic carbocycles. The topological polar surface area (TPSA) is 103 Å². The van der Waals surface area contributed by atoms with Crippen molar-refractivity contribution in [1.29, 1.82) is 5.26 Å². The van der Waals surface area contributed by atoms with E-state index in [1.54, 1.807) is 49.4 Å². The summed E-state index contributed by atoms with van der Waals surface area (Å²) in [5, 5.41) is 20.3. The molecule has 4 rings (SSSR count). The van der Waals surface area contributed by atoms with Crippen molar-refractivity contribution in [3.05, 3.63) is 111 Å². The van der Waals surface area contributed by atoms with E-state index < -0.39 is 5.92 Å². The van der Waals surface area contributed by atoms with Gasteiger partial charge in [-0.2, -0.15) is 5.26 Å². The van der Waals surface area contributed by atoms with E-state index in [4.69, 9.17) is 16.3 Å². The number of hydrogen-bond donors (Lipinski definition) is 3. The number of allylic oxidation sites excluding steroid dienone is 2. The third-order valence-corrected chi connectivity index (χ3v) is 7.12. The number of benzene rings is 3. The number of carbonyl (C=O) groups excluding carboxylic acids is 2. The van der Waals surface area contributed by atoms with Crippen LogP contribution in [0, 0.1) is 11.3 Å². The van der Waals surface area contributed by atoms with Gasteiger partial charge in [-0.3, -0.25) is 9.59 Å². The van der Waals surface area contributed by atoms with E-state index in [0.29, 0.717) is 44.0 Å². The van der Waals surface area contributed by atoms with Crippen LogP contribution in [0.25, 0.3) is 0 Å². The highest BCUT2D eigenvalue weighted by molar-refractivity contribution is 8.03. The van der Waals surface area contributed by atoms with Gasteiger partial charge in [0, 0.05) is 22.0 Å². The van der Waals surface area contributed by atoms with Crippen molar-refractivity contribution in [2.24, 2.45) is 0 Å². The number of amides is 2. The highest BCUT2D eigenvalue weighted by Crippen LogP contribution is 2.41. The number of carbonyl (C=O) groups is 2.